The second kappa shape index (κ2) is 4.27. The molecule has 2 rings (SSSR count). The van der Waals surface area contributed by atoms with Gasteiger partial charge >= 0.3 is 0 Å². The van der Waals surface area contributed by atoms with Crippen LogP contribution in [0.15, 0.2) is 34.7 Å². The van der Waals surface area contributed by atoms with Gasteiger partial charge in [0.25, 0.3) is 0 Å². The van der Waals surface area contributed by atoms with Gasteiger partial charge in [-0.05, 0) is 24.3 Å². The van der Waals surface area contributed by atoms with Gasteiger partial charge in [-0.25, -0.2) is 0 Å². The van der Waals surface area contributed by atoms with Crippen LogP contribution in [0.2, 0.25) is 10.0 Å². The second-order valence-corrected chi connectivity index (χ2v) is 3.81. The van der Waals surface area contributed by atoms with Crippen molar-refractivity contribution in [2.45, 2.75) is 6.61 Å². The maximum Gasteiger partial charge on any atom is 0.135 e. The van der Waals surface area contributed by atoms with Crippen LogP contribution >= 0.6 is 23.2 Å². The molecule has 1 heterocycles. The van der Waals surface area contributed by atoms with E-state index in [4.69, 9.17) is 32.7 Å². The second-order valence-electron chi connectivity index (χ2n) is 3.03. The third-order valence-corrected chi connectivity index (χ3v) is 2.85. The molecular weight excluding hydrogens is 235 g/mol. The summed E-state index contributed by atoms with van der Waals surface area (Å²) in [5.41, 5.74) is 0.726. The Labute approximate surface area is 97.0 Å². The molecule has 78 valence electrons. The number of rotatable bonds is 2. The zero-order chi connectivity index (χ0) is 10.8. The Bertz CT molecular complexity index is 477. The van der Waals surface area contributed by atoms with E-state index in [1.54, 1.807) is 24.3 Å². The van der Waals surface area contributed by atoms with Crippen molar-refractivity contribution in [3.63, 3.8) is 0 Å². The zero-order valence-electron chi connectivity index (χ0n) is 7.71. The summed E-state index contributed by atoms with van der Waals surface area (Å²) in [6.07, 6.45) is 0. The molecule has 0 bridgehead atoms. The van der Waals surface area contributed by atoms with Crippen LogP contribution in [0.3, 0.4) is 0 Å². The molecule has 0 aliphatic rings. The van der Waals surface area contributed by atoms with Gasteiger partial charge in [-0.3, -0.25) is 0 Å². The van der Waals surface area contributed by atoms with Crippen molar-refractivity contribution in [2.75, 3.05) is 0 Å². The summed E-state index contributed by atoms with van der Waals surface area (Å²) in [6, 6.07) is 8.78. The molecule has 2 aromatic rings. The summed E-state index contributed by atoms with van der Waals surface area (Å²) >= 11 is 11.9. The van der Waals surface area contributed by atoms with Crippen molar-refractivity contribution in [3.8, 4) is 11.3 Å². The SMILES string of the molecule is OCc1ccc(-c2cccc(Cl)c2Cl)o1. The van der Waals surface area contributed by atoms with E-state index < -0.39 is 0 Å². The fourth-order valence-corrected chi connectivity index (χ4v) is 1.70. The van der Waals surface area contributed by atoms with Crippen molar-refractivity contribution in [1.82, 2.24) is 0 Å². The first-order valence-electron chi connectivity index (χ1n) is 4.36. The molecule has 0 radical (unpaired) electrons. The van der Waals surface area contributed by atoms with E-state index in [0.29, 0.717) is 21.6 Å². The molecule has 0 fully saturated rings. The molecule has 0 atom stereocenters. The molecular formula is C11H8Cl2O2. The largest absolute Gasteiger partial charge is 0.459 e. The number of halogens is 2. The van der Waals surface area contributed by atoms with E-state index in [1.807, 2.05) is 6.07 Å². The topological polar surface area (TPSA) is 33.4 Å². The van der Waals surface area contributed by atoms with Gasteiger partial charge in [-0.2, -0.15) is 0 Å². The molecule has 0 spiro atoms. The Morgan fingerprint density at radius 1 is 1.13 bits per heavy atom. The summed E-state index contributed by atoms with van der Waals surface area (Å²) < 4.78 is 5.36. The summed E-state index contributed by atoms with van der Waals surface area (Å²) in [4.78, 5) is 0. The van der Waals surface area contributed by atoms with Crippen LogP contribution in [0.1, 0.15) is 5.76 Å². The normalized spacial score (nSPS) is 10.6. The highest BCUT2D eigenvalue weighted by atomic mass is 35.5. The summed E-state index contributed by atoms with van der Waals surface area (Å²) in [7, 11) is 0. The monoisotopic (exact) mass is 242 g/mol. The van der Waals surface area contributed by atoms with Crippen LogP contribution in [0.25, 0.3) is 11.3 Å². The average Bonchev–Trinajstić information content (AvgIpc) is 2.70. The van der Waals surface area contributed by atoms with Gasteiger partial charge in [0.2, 0.25) is 0 Å². The van der Waals surface area contributed by atoms with Crippen LogP contribution < -0.4 is 0 Å². The van der Waals surface area contributed by atoms with Crippen molar-refractivity contribution in [1.29, 1.82) is 0 Å². The molecule has 0 saturated heterocycles. The molecule has 0 aliphatic carbocycles. The standard InChI is InChI=1S/C11H8Cl2O2/c12-9-3-1-2-8(11(9)13)10-5-4-7(6-14)15-10/h1-5,14H,6H2. The van der Waals surface area contributed by atoms with Crippen molar-refractivity contribution in [2.24, 2.45) is 0 Å². The molecule has 1 N–H and O–H groups in total. The van der Waals surface area contributed by atoms with Crippen molar-refractivity contribution >= 4 is 23.2 Å². The van der Waals surface area contributed by atoms with E-state index >= 15 is 0 Å². The predicted molar refractivity (Wildman–Crippen MR) is 60.1 cm³/mol. The van der Waals surface area contributed by atoms with Crippen LogP contribution in [0, 0.1) is 0 Å². The van der Waals surface area contributed by atoms with Crippen molar-refractivity contribution < 1.29 is 9.52 Å². The minimum absolute atomic E-state index is 0.127. The number of aliphatic hydroxyl groups is 1. The van der Waals surface area contributed by atoms with Crippen LogP contribution in [0.4, 0.5) is 0 Å². The molecule has 15 heavy (non-hydrogen) atoms. The fourth-order valence-electron chi connectivity index (χ4n) is 1.30. The molecule has 1 aromatic carbocycles. The van der Waals surface area contributed by atoms with Gasteiger partial charge in [-0.15, -0.1) is 0 Å². The lowest BCUT2D eigenvalue weighted by Gasteiger charge is -2.01. The summed E-state index contributed by atoms with van der Waals surface area (Å²) in [5, 5.41) is 9.81. The Hall–Kier alpha value is -0.960. The zero-order valence-corrected chi connectivity index (χ0v) is 9.22. The van der Waals surface area contributed by atoms with E-state index in [-0.39, 0.29) is 6.61 Å². The smallest absolute Gasteiger partial charge is 0.135 e. The lowest BCUT2D eigenvalue weighted by atomic mass is 10.2. The van der Waals surface area contributed by atoms with E-state index in [9.17, 15) is 0 Å². The van der Waals surface area contributed by atoms with Gasteiger partial charge in [0.05, 0.1) is 10.0 Å². The Kier molecular flexibility index (Phi) is 3.00. The van der Waals surface area contributed by atoms with Gasteiger partial charge in [-0.1, -0.05) is 29.3 Å². The minimum Gasteiger partial charge on any atom is -0.459 e. The first kappa shape index (κ1) is 10.6. The number of aliphatic hydroxyl groups excluding tert-OH is 1. The van der Waals surface area contributed by atoms with Gasteiger partial charge in [0.1, 0.15) is 18.1 Å². The molecule has 0 aliphatic heterocycles. The summed E-state index contributed by atoms with van der Waals surface area (Å²) in [6.45, 7) is -0.127. The number of hydrogen-bond donors (Lipinski definition) is 1. The highest BCUT2D eigenvalue weighted by Crippen LogP contribution is 2.34. The first-order valence-corrected chi connectivity index (χ1v) is 5.12. The summed E-state index contributed by atoms with van der Waals surface area (Å²) in [5.74, 6) is 1.10. The molecule has 1 aromatic heterocycles. The third kappa shape index (κ3) is 2.02. The van der Waals surface area contributed by atoms with Crippen LogP contribution in [-0.4, -0.2) is 5.11 Å². The van der Waals surface area contributed by atoms with Gasteiger partial charge in [0, 0.05) is 5.56 Å². The number of hydrogen-bond acceptors (Lipinski definition) is 2. The number of furan rings is 1. The minimum atomic E-state index is -0.127. The van der Waals surface area contributed by atoms with Gasteiger partial charge in [0.15, 0.2) is 0 Å². The molecule has 4 heteroatoms. The van der Waals surface area contributed by atoms with Crippen LogP contribution in [-0.2, 0) is 6.61 Å². The highest BCUT2D eigenvalue weighted by Gasteiger charge is 2.10. The first-order chi connectivity index (χ1) is 7.22. The lowest BCUT2D eigenvalue weighted by molar-refractivity contribution is 0.248. The third-order valence-electron chi connectivity index (χ3n) is 2.03. The van der Waals surface area contributed by atoms with E-state index in [1.165, 1.54) is 0 Å². The van der Waals surface area contributed by atoms with E-state index in [0.717, 1.165) is 5.56 Å². The maximum absolute atomic E-state index is 8.87. The highest BCUT2D eigenvalue weighted by molar-refractivity contribution is 6.43. The Morgan fingerprint density at radius 2 is 1.93 bits per heavy atom. The molecule has 0 unspecified atom stereocenters. The van der Waals surface area contributed by atoms with Crippen LogP contribution in [0.5, 0.6) is 0 Å². The molecule has 2 nitrogen and oxygen atoms in total. The van der Waals surface area contributed by atoms with E-state index in [2.05, 4.69) is 0 Å². The van der Waals surface area contributed by atoms with Gasteiger partial charge < -0.3 is 9.52 Å². The predicted octanol–water partition coefficient (Wildman–Crippen LogP) is 3.75. The Balaban J connectivity index is 2.49. The van der Waals surface area contributed by atoms with Crippen molar-refractivity contribution in [3.05, 3.63) is 46.1 Å². The average molecular weight is 243 g/mol. The maximum atomic E-state index is 8.87. The number of benzene rings is 1. The molecule has 0 saturated carbocycles. The Morgan fingerprint density at radius 3 is 2.60 bits per heavy atom. The quantitative estimate of drug-likeness (QED) is 0.871. The fraction of sp³-hybridized carbons (Fsp3) is 0.0909. The lowest BCUT2D eigenvalue weighted by Crippen LogP contribution is -1.78. The molecule has 0 amide bonds.